The minimum Gasteiger partial charge on any atom is -0.338 e. The number of anilines is 1. The fraction of sp³-hybridized carbons (Fsp3) is 0.786. The summed E-state index contributed by atoms with van der Waals surface area (Å²) in [7, 11) is 0. The molecule has 6 nitrogen and oxygen atoms in total. The Hall–Kier alpha value is -1.59. The zero-order valence-electron chi connectivity index (χ0n) is 12.2. The van der Waals surface area contributed by atoms with Crippen molar-refractivity contribution in [2.24, 2.45) is 0 Å². The number of piperidine rings is 1. The van der Waals surface area contributed by atoms with Crippen LogP contribution < -0.4 is 4.90 Å². The Morgan fingerprint density at radius 3 is 2.80 bits per heavy atom. The molecule has 110 valence electrons. The molecule has 0 bridgehead atoms. The predicted octanol–water partition coefficient (Wildman–Crippen LogP) is 1.78. The van der Waals surface area contributed by atoms with Crippen molar-refractivity contribution in [3.05, 3.63) is 5.89 Å². The molecule has 0 unspecified atom stereocenters. The summed E-state index contributed by atoms with van der Waals surface area (Å²) in [5, 5.41) is 4.08. The maximum atomic E-state index is 11.9. The number of carbonyl (C=O) groups is 1. The molecule has 1 amide bonds. The minimum absolute atomic E-state index is 0.247. The van der Waals surface area contributed by atoms with Crippen LogP contribution in [0, 0.1) is 0 Å². The molecule has 2 saturated heterocycles. The smallest absolute Gasteiger partial charge is 0.266 e. The van der Waals surface area contributed by atoms with Crippen LogP contribution >= 0.6 is 0 Å². The Kier molecular flexibility index (Phi) is 3.63. The highest BCUT2D eigenvalue weighted by atomic mass is 16.5. The number of rotatable bonds is 3. The van der Waals surface area contributed by atoms with Gasteiger partial charge in [0.1, 0.15) is 0 Å². The molecule has 0 aliphatic carbocycles. The second-order valence-electron chi connectivity index (χ2n) is 6.02. The molecule has 2 aliphatic heterocycles. The van der Waals surface area contributed by atoms with Crippen molar-refractivity contribution in [2.45, 2.75) is 51.5 Å². The molecule has 1 aromatic heterocycles. The average Bonchev–Trinajstić information content (AvgIpc) is 3.07. The predicted molar refractivity (Wildman–Crippen MR) is 74.6 cm³/mol. The van der Waals surface area contributed by atoms with Crippen molar-refractivity contribution >= 4 is 11.9 Å². The van der Waals surface area contributed by atoms with Crippen LogP contribution in [0.25, 0.3) is 0 Å². The highest BCUT2D eigenvalue weighted by Crippen LogP contribution is 2.24. The van der Waals surface area contributed by atoms with Crippen LogP contribution in [0.5, 0.6) is 0 Å². The Bertz CT molecular complexity index is 485. The van der Waals surface area contributed by atoms with Crippen molar-refractivity contribution in [3.63, 3.8) is 0 Å². The van der Waals surface area contributed by atoms with Gasteiger partial charge in [-0.15, -0.1) is 0 Å². The SMILES string of the molecule is CC(C)c1nc(N2CCC[C@H](N3CCCC3=O)C2)no1. The Labute approximate surface area is 119 Å². The van der Waals surface area contributed by atoms with Gasteiger partial charge in [-0.1, -0.05) is 13.8 Å². The van der Waals surface area contributed by atoms with E-state index in [1.807, 2.05) is 18.7 Å². The van der Waals surface area contributed by atoms with E-state index >= 15 is 0 Å². The van der Waals surface area contributed by atoms with E-state index in [1.165, 1.54) is 0 Å². The Morgan fingerprint density at radius 2 is 2.15 bits per heavy atom. The third kappa shape index (κ3) is 2.51. The fourth-order valence-corrected chi connectivity index (χ4v) is 3.04. The molecule has 1 aromatic rings. The van der Waals surface area contributed by atoms with Crippen LogP contribution in [-0.4, -0.2) is 46.6 Å². The van der Waals surface area contributed by atoms with Gasteiger partial charge in [0.15, 0.2) is 0 Å². The maximum Gasteiger partial charge on any atom is 0.266 e. The van der Waals surface area contributed by atoms with Crippen LogP contribution in [0.4, 0.5) is 5.95 Å². The van der Waals surface area contributed by atoms with E-state index in [4.69, 9.17) is 4.52 Å². The fourth-order valence-electron chi connectivity index (χ4n) is 3.04. The molecule has 0 spiro atoms. The van der Waals surface area contributed by atoms with Gasteiger partial charge in [-0.3, -0.25) is 4.79 Å². The van der Waals surface area contributed by atoms with Gasteiger partial charge in [0, 0.05) is 38.0 Å². The summed E-state index contributed by atoms with van der Waals surface area (Å²) in [6, 6.07) is 0.305. The van der Waals surface area contributed by atoms with Crippen molar-refractivity contribution in [1.29, 1.82) is 0 Å². The first kappa shape index (κ1) is 13.4. The van der Waals surface area contributed by atoms with Crippen LogP contribution in [0.2, 0.25) is 0 Å². The largest absolute Gasteiger partial charge is 0.338 e. The molecule has 0 N–H and O–H groups in total. The molecule has 0 radical (unpaired) electrons. The van der Waals surface area contributed by atoms with Gasteiger partial charge in [0.25, 0.3) is 5.95 Å². The van der Waals surface area contributed by atoms with Gasteiger partial charge in [-0.25, -0.2) is 0 Å². The molecule has 0 aromatic carbocycles. The van der Waals surface area contributed by atoms with Crippen LogP contribution in [0.3, 0.4) is 0 Å². The molecule has 3 heterocycles. The highest BCUT2D eigenvalue weighted by molar-refractivity contribution is 5.78. The quantitative estimate of drug-likeness (QED) is 0.843. The summed E-state index contributed by atoms with van der Waals surface area (Å²) < 4.78 is 5.28. The molecular formula is C14H22N4O2. The van der Waals surface area contributed by atoms with Gasteiger partial charge < -0.3 is 14.3 Å². The Morgan fingerprint density at radius 1 is 1.30 bits per heavy atom. The number of likely N-dealkylation sites (tertiary alicyclic amines) is 1. The number of hydrogen-bond donors (Lipinski definition) is 0. The summed E-state index contributed by atoms with van der Waals surface area (Å²) in [4.78, 5) is 20.5. The van der Waals surface area contributed by atoms with Crippen LogP contribution in [-0.2, 0) is 4.79 Å². The second kappa shape index (κ2) is 5.42. The van der Waals surface area contributed by atoms with E-state index in [0.717, 1.165) is 38.9 Å². The number of carbonyl (C=O) groups excluding carboxylic acids is 1. The highest BCUT2D eigenvalue weighted by Gasteiger charge is 2.32. The normalized spacial score (nSPS) is 23.9. The van der Waals surface area contributed by atoms with Gasteiger partial charge >= 0.3 is 0 Å². The van der Waals surface area contributed by atoms with Crippen molar-refractivity contribution in [1.82, 2.24) is 15.0 Å². The van der Waals surface area contributed by atoms with E-state index in [0.29, 0.717) is 30.2 Å². The first-order chi connectivity index (χ1) is 9.65. The van der Waals surface area contributed by atoms with Crippen LogP contribution in [0.15, 0.2) is 4.52 Å². The third-order valence-electron chi connectivity index (χ3n) is 4.16. The number of amides is 1. The van der Waals surface area contributed by atoms with Gasteiger partial charge in [0.2, 0.25) is 11.8 Å². The maximum absolute atomic E-state index is 11.9. The lowest BCUT2D eigenvalue weighted by Gasteiger charge is -2.36. The van der Waals surface area contributed by atoms with E-state index in [9.17, 15) is 4.79 Å². The lowest BCUT2D eigenvalue weighted by atomic mass is 10.0. The topological polar surface area (TPSA) is 62.5 Å². The number of aromatic nitrogens is 2. The molecule has 0 saturated carbocycles. The summed E-state index contributed by atoms with van der Waals surface area (Å²) >= 11 is 0. The minimum atomic E-state index is 0.247. The monoisotopic (exact) mass is 278 g/mol. The molecule has 2 fully saturated rings. The molecule has 6 heteroatoms. The molecule has 20 heavy (non-hydrogen) atoms. The molecular weight excluding hydrogens is 256 g/mol. The van der Waals surface area contributed by atoms with Crippen molar-refractivity contribution in [3.8, 4) is 0 Å². The zero-order valence-corrected chi connectivity index (χ0v) is 12.2. The summed E-state index contributed by atoms with van der Waals surface area (Å²) in [5.41, 5.74) is 0. The lowest BCUT2D eigenvalue weighted by Crippen LogP contribution is -2.48. The molecule has 1 atom stereocenters. The van der Waals surface area contributed by atoms with E-state index in [-0.39, 0.29) is 5.92 Å². The van der Waals surface area contributed by atoms with E-state index < -0.39 is 0 Å². The zero-order chi connectivity index (χ0) is 14.1. The summed E-state index contributed by atoms with van der Waals surface area (Å²) in [5.74, 6) is 1.90. The van der Waals surface area contributed by atoms with Gasteiger partial charge in [-0.05, 0) is 24.4 Å². The van der Waals surface area contributed by atoms with Crippen LogP contribution in [0.1, 0.15) is 51.3 Å². The first-order valence-electron chi connectivity index (χ1n) is 7.53. The number of nitrogens with zero attached hydrogens (tertiary/aromatic N) is 4. The average molecular weight is 278 g/mol. The Balaban J connectivity index is 1.69. The van der Waals surface area contributed by atoms with E-state index in [1.54, 1.807) is 0 Å². The van der Waals surface area contributed by atoms with Gasteiger partial charge in [0.05, 0.1) is 0 Å². The third-order valence-corrected chi connectivity index (χ3v) is 4.16. The standard InChI is InChI=1S/C14H22N4O2/c1-10(2)13-15-14(16-20-13)17-7-3-5-11(9-17)18-8-4-6-12(18)19/h10-11H,3-9H2,1-2H3/t11-/m0/s1. The number of hydrogen-bond acceptors (Lipinski definition) is 5. The van der Waals surface area contributed by atoms with E-state index in [2.05, 4.69) is 15.0 Å². The second-order valence-corrected chi connectivity index (χ2v) is 6.02. The first-order valence-corrected chi connectivity index (χ1v) is 7.53. The lowest BCUT2D eigenvalue weighted by molar-refractivity contribution is -0.129. The molecule has 2 aliphatic rings. The summed E-state index contributed by atoms with van der Waals surface area (Å²) in [6.45, 7) is 6.75. The van der Waals surface area contributed by atoms with Gasteiger partial charge in [-0.2, -0.15) is 4.98 Å². The van der Waals surface area contributed by atoms with Crippen molar-refractivity contribution in [2.75, 3.05) is 24.5 Å². The van der Waals surface area contributed by atoms with Crippen molar-refractivity contribution < 1.29 is 9.32 Å². The molecule has 3 rings (SSSR count). The summed E-state index contributed by atoms with van der Waals surface area (Å²) in [6.07, 6.45) is 3.85.